The van der Waals surface area contributed by atoms with Crippen LogP contribution in [0.25, 0.3) is 10.9 Å². The van der Waals surface area contributed by atoms with Gasteiger partial charge in [-0.15, -0.1) is 11.8 Å². The summed E-state index contributed by atoms with van der Waals surface area (Å²) in [6, 6.07) is 5.54. The number of Topliss-reactive ketones (excluding diaryl/α,β-unsaturated/α-hetero) is 1. The maximum atomic E-state index is 11.5. The van der Waals surface area contributed by atoms with Crippen LogP contribution in [0.1, 0.15) is 17.4 Å². The fourth-order valence-corrected chi connectivity index (χ4v) is 2.23. The van der Waals surface area contributed by atoms with Crippen molar-refractivity contribution < 1.29 is 14.7 Å². The summed E-state index contributed by atoms with van der Waals surface area (Å²) in [6.07, 6.45) is 1.94. The molecule has 1 aromatic heterocycles. The van der Waals surface area contributed by atoms with Crippen LogP contribution in [0.3, 0.4) is 0 Å². The zero-order valence-corrected chi connectivity index (χ0v) is 10.8. The number of aromatic nitrogens is 2. The summed E-state index contributed by atoms with van der Waals surface area (Å²) in [5.74, 6) is -1.15. The van der Waals surface area contributed by atoms with Crippen LogP contribution in [0.4, 0.5) is 0 Å². The van der Waals surface area contributed by atoms with Crippen molar-refractivity contribution >= 4 is 34.4 Å². The van der Waals surface area contributed by atoms with Crippen LogP contribution in [0.5, 0.6) is 0 Å². The molecule has 0 fully saturated rings. The molecule has 6 heteroatoms. The van der Waals surface area contributed by atoms with Crippen molar-refractivity contribution in [2.75, 3.05) is 6.26 Å². The van der Waals surface area contributed by atoms with Gasteiger partial charge < -0.3 is 5.11 Å². The Bertz CT molecular complexity index is 634. The number of hydrogen-bond acceptors (Lipinski definition) is 4. The summed E-state index contributed by atoms with van der Waals surface area (Å²) < 4.78 is 1.35. The molecule has 0 unspecified atom stereocenters. The SMILES string of the molecule is CSc1ccc2c(c1)c(C(C)=O)nn2CC(=O)O. The van der Waals surface area contributed by atoms with Crippen LogP contribution in [0.15, 0.2) is 23.1 Å². The topological polar surface area (TPSA) is 72.2 Å². The molecule has 5 nitrogen and oxygen atoms in total. The number of aliphatic carboxylic acids is 1. The number of benzene rings is 1. The third kappa shape index (κ3) is 2.24. The lowest BCUT2D eigenvalue weighted by atomic mass is 10.2. The number of carbonyl (C=O) groups excluding carboxylic acids is 1. The Hall–Kier alpha value is -1.82. The van der Waals surface area contributed by atoms with Gasteiger partial charge in [0.05, 0.1) is 5.52 Å². The monoisotopic (exact) mass is 264 g/mol. The maximum Gasteiger partial charge on any atom is 0.325 e. The predicted molar refractivity (Wildman–Crippen MR) is 69.2 cm³/mol. The summed E-state index contributed by atoms with van der Waals surface area (Å²) in [4.78, 5) is 23.3. The van der Waals surface area contributed by atoms with E-state index < -0.39 is 5.97 Å². The Kier molecular flexibility index (Phi) is 3.38. The minimum Gasteiger partial charge on any atom is -0.480 e. The molecular formula is C12H12N2O3S. The van der Waals surface area contributed by atoms with Crippen LogP contribution in [0, 0.1) is 0 Å². The first-order chi connectivity index (χ1) is 8.52. The standard InChI is InChI=1S/C12H12N2O3S/c1-7(15)12-9-5-8(18-2)3-4-10(9)14(13-12)6-11(16)17/h3-5H,6H2,1-2H3,(H,16,17). The molecule has 18 heavy (non-hydrogen) atoms. The average Bonchev–Trinajstić information content (AvgIpc) is 2.66. The molecule has 1 heterocycles. The van der Waals surface area contributed by atoms with E-state index in [-0.39, 0.29) is 12.3 Å². The lowest BCUT2D eigenvalue weighted by Crippen LogP contribution is -2.10. The Labute approximate surface area is 108 Å². The second-order valence-corrected chi connectivity index (χ2v) is 4.72. The van der Waals surface area contributed by atoms with Crippen LogP contribution in [-0.4, -0.2) is 32.9 Å². The van der Waals surface area contributed by atoms with E-state index in [0.717, 1.165) is 4.90 Å². The molecular weight excluding hydrogens is 252 g/mol. The molecule has 94 valence electrons. The molecule has 0 spiro atoms. The van der Waals surface area contributed by atoms with E-state index in [1.807, 2.05) is 18.4 Å². The zero-order chi connectivity index (χ0) is 13.3. The first-order valence-electron chi connectivity index (χ1n) is 5.30. The minimum atomic E-state index is -0.983. The van der Waals surface area contributed by atoms with Crippen molar-refractivity contribution in [3.63, 3.8) is 0 Å². The molecule has 2 rings (SSSR count). The van der Waals surface area contributed by atoms with Gasteiger partial charge in [0.2, 0.25) is 0 Å². The molecule has 0 saturated carbocycles. The number of thioether (sulfide) groups is 1. The summed E-state index contributed by atoms with van der Waals surface area (Å²) in [6.45, 7) is 1.18. The molecule has 1 aromatic carbocycles. The number of rotatable bonds is 4. The van der Waals surface area contributed by atoms with Gasteiger partial charge in [0.15, 0.2) is 5.78 Å². The van der Waals surface area contributed by atoms with Crippen LogP contribution in [-0.2, 0) is 11.3 Å². The highest BCUT2D eigenvalue weighted by Gasteiger charge is 2.15. The first-order valence-corrected chi connectivity index (χ1v) is 6.52. The highest BCUT2D eigenvalue weighted by molar-refractivity contribution is 7.98. The molecule has 0 radical (unpaired) electrons. The largest absolute Gasteiger partial charge is 0.480 e. The van der Waals surface area contributed by atoms with Crippen molar-refractivity contribution in [1.82, 2.24) is 9.78 Å². The van der Waals surface area contributed by atoms with Crippen molar-refractivity contribution in [2.45, 2.75) is 18.4 Å². The van der Waals surface area contributed by atoms with E-state index in [2.05, 4.69) is 5.10 Å². The lowest BCUT2D eigenvalue weighted by molar-refractivity contribution is -0.137. The second kappa shape index (κ2) is 4.81. The second-order valence-electron chi connectivity index (χ2n) is 3.84. The summed E-state index contributed by atoms with van der Waals surface area (Å²) in [5, 5.41) is 13.6. The smallest absolute Gasteiger partial charge is 0.325 e. The van der Waals surface area contributed by atoms with Gasteiger partial charge in [0, 0.05) is 17.2 Å². The molecule has 0 atom stereocenters. The fourth-order valence-electron chi connectivity index (χ4n) is 1.79. The highest BCUT2D eigenvalue weighted by Crippen LogP contribution is 2.25. The molecule has 0 aliphatic heterocycles. The molecule has 0 aliphatic rings. The number of carbonyl (C=O) groups is 2. The van der Waals surface area contributed by atoms with Crippen LogP contribution in [0.2, 0.25) is 0 Å². The van der Waals surface area contributed by atoms with Gasteiger partial charge in [0.25, 0.3) is 0 Å². The van der Waals surface area contributed by atoms with E-state index >= 15 is 0 Å². The number of carboxylic acids is 1. The van der Waals surface area contributed by atoms with Gasteiger partial charge in [-0.05, 0) is 24.5 Å². The van der Waals surface area contributed by atoms with Gasteiger partial charge in [-0.25, -0.2) is 0 Å². The number of fused-ring (bicyclic) bond motifs is 1. The van der Waals surface area contributed by atoms with Gasteiger partial charge in [0.1, 0.15) is 12.2 Å². The van der Waals surface area contributed by atoms with Gasteiger partial charge in [-0.3, -0.25) is 14.3 Å². The van der Waals surface area contributed by atoms with E-state index in [0.29, 0.717) is 16.6 Å². The first kappa shape index (κ1) is 12.6. The van der Waals surface area contributed by atoms with Gasteiger partial charge in [-0.2, -0.15) is 5.10 Å². The summed E-state index contributed by atoms with van der Waals surface area (Å²) >= 11 is 1.56. The Morgan fingerprint density at radius 1 is 1.44 bits per heavy atom. The van der Waals surface area contributed by atoms with E-state index in [9.17, 15) is 9.59 Å². The van der Waals surface area contributed by atoms with Crippen molar-refractivity contribution in [2.24, 2.45) is 0 Å². The predicted octanol–water partition coefficient (Wildman–Crippen LogP) is 2.05. The zero-order valence-electron chi connectivity index (χ0n) is 10.0. The molecule has 1 N–H and O–H groups in total. The molecule has 0 bridgehead atoms. The number of carboxylic acid groups (broad SMARTS) is 1. The minimum absolute atomic E-state index is 0.164. The van der Waals surface area contributed by atoms with Crippen molar-refractivity contribution in [3.8, 4) is 0 Å². The highest BCUT2D eigenvalue weighted by atomic mass is 32.2. The Morgan fingerprint density at radius 3 is 2.72 bits per heavy atom. The fraction of sp³-hybridized carbons (Fsp3) is 0.250. The van der Waals surface area contributed by atoms with Crippen molar-refractivity contribution in [1.29, 1.82) is 0 Å². The normalized spacial score (nSPS) is 10.8. The summed E-state index contributed by atoms with van der Waals surface area (Å²) in [5.41, 5.74) is 0.988. The Morgan fingerprint density at radius 2 is 2.17 bits per heavy atom. The molecule has 0 aliphatic carbocycles. The summed E-state index contributed by atoms with van der Waals surface area (Å²) in [7, 11) is 0. The molecule has 0 amide bonds. The van der Waals surface area contributed by atoms with Gasteiger partial charge in [-0.1, -0.05) is 0 Å². The van der Waals surface area contributed by atoms with Crippen LogP contribution >= 0.6 is 11.8 Å². The van der Waals surface area contributed by atoms with Gasteiger partial charge >= 0.3 is 5.97 Å². The molecule has 0 saturated heterocycles. The number of hydrogen-bond donors (Lipinski definition) is 1. The van der Waals surface area contributed by atoms with E-state index in [1.165, 1.54) is 11.6 Å². The van der Waals surface area contributed by atoms with E-state index in [4.69, 9.17) is 5.11 Å². The third-order valence-corrected chi connectivity index (χ3v) is 3.30. The van der Waals surface area contributed by atoms with Crippen LogP contribution < -0.4 is 0 Å². The number of ketones is 1. The molecule has 2 aromatic rings. The average molecular weight is 264 g/mol. The van der Waals surface area contributed by atoms with E-state index in [1.54, 1.807) is 17.8 Å². The lowest BCUT2D eigenvalue weighted by Gasteiger charge is -2.00. The quantitative estimate of drug-likeness (QED) is 0.676. The van der Waals surface area contributed by atoms with Crippen molar-refractivity contribution in [3.05, 3.63) is 23.9 Å². The maximum absolute atomic E-state index is 11.5. The number of nitrogens with zero attached hydrogens (tertiary/aromatic N) is 2. The third-order valence-electron chi connectivity index (χ3n) is 2.58. The Balaban J connectivity index is 2.67.